The normalized spacial score (nSPS) is 11.2. The van der Waals surface area contributed by atoms with Gasteiger partial charge >= 0.3 is 0 Å². The summed E-state index contributed by atoms with van der Waals surface area (Å²) in [6, 6.07) is 45.8. The number of benzene rings is 6. The van der Waals surface area contributed by atoms with Gasteiger partial charge in [-0.25, -0.2) is 0 Å². The Morgan fingerprint density at radius 1 is 0.364 bits per heavy atom. The van der Waals surface area contributed by atoms with Gasteiger partial charge in [0.1, 0.15) is 0 Å². The van der Waals surface area contributed by atoms with E-state index in [1.54, 1.807) is 0 Å². The van der Waals surface area contributed by atoms with E-state index in [-0.39, 0.29) is 0 Å². The van der Waals surface area contributed by atoms with Crippen molar-refractivity contribution >= 4 is 37.5 Å². The number of fused-ring (bicyclic) bond motifs is 2. The van der Waals surface area contributed by atoms with E-state index < -0.39 is 0 Å². The summed E-state index contributed by atoms with van der Waals surface area (Å²) in [5.74, 6) is 0. The predicted octanol–water partition coefficient (Wildman–Crippen LogP) is 9.76. The molecular weight excluding hydrogens is 464 g/mol. The van der Waals surface area contributed by atoms with Crippen molar-refractivity contribution < 1.29 is 0 Å². The molecule has 6 rings (SSSR count). The first-order chi connectivity index (χ1) is 16.3. The van der Waals surface area contributed by atoms with Crippen molar-refractivity contribution in [1.29, 1.82) is 0 Å². The van der Waals surface area contributed by atoms with E-state index in [9.17, 15) is 0 Å². The molecule has 0 heterocycles. The highest BCUT2D eigenvalue weighted by Crippen LogP contribution is 2.40. The fourth-order valence-corrected chi connectivity index (χ4v) is 5.13. The lowest BCUT2D eigenvalue weighted by Crippen LogP contribution is -1.89. The highest BCUT2D eigenvalue weighted by molar-refractivity contribution is 9.10. The highest BCUT2D eigenvalue weighted by Gasteiger charge is 2.13. The van der Waals surface area contributed by atoms with E-state index in [2.05, 4.69) is 143 Å². The van der Waals surface area contributed by atoms with Crippen LogP contribution in [0, 0.1) is 0 Å². The number of rotatable bonds is 3. The molecule has 0 bridgehead atoms. The van der Waals surface area contributed by atoms with Crippen molar-refractivity contribution in [2.24, 2.45) is 0 Å². The minimum atomic E-state index is 1.09. The van der Waals surface area contributed by atoms with Crippen molar-refractivity contribution in [3.8, 4) is 33.4 Å². The molecule has 0 radical (unpaired) electrons. The molecule has 0 spiro atoms. The quantitative estimate of drug-likeness (QED) is 0.234. The summed E-state index contributed by atoms with van der Waals surface area (Å²) in [5.41, 5.74) is 7.39. The molecular formula is C32H21Br. The number of halogens is 1. The van der Waals surface area contributed by atoms with E-state index >= 15 is 0 Å². The zero-order chi connectivity index (χ0) is 22.2. The van der Waals surface area contributed by atoms with Crippen molar-refractivity contribution in [1.82, 2.24) is 0 Å². The van der Waals surface area contributed by atoms with Gasteiger partial charge in [0.25, 0.3) is 0 Å². The Labute approximate surface area is 202 Å². The van der Waals surface area contributed by atoms with Gasteiger partial charge in [-0.3, -0.25) is 0 Å². The summed E-state index contributed by atoms with van der Waals surface area (Å²) in [4.78, 5) is 0. The molecule has 0 aliphatic carbocycles. The first-order valence-corrected chi connectivity index (χ1v) is 11.9. The van der Waals surface area contributed by atoms with Crippen LogP contribution in [-0.4, -0.2) is 0 Å². The molecule has 33 heavy (non-hydrogen) atoms. The van der Waals surface area contributed by atoms with Crippen LogP contribution in [0.1, 0.15) is 0 Å². The van der Waals surface area contributed by atoms with Crippen LogP contribution in [0.25, 0.3) is 54.9 Å². The van der Waals surface area contributed by atoms with Crippen LogP contribution in [0.5, 0.6) is 0 Å². The average molecular weight is 485 g/mol. The van der Waals surface area contributed by atoms with Gasteiger partial charge in [0.05, 0.1) is 0 Å². The molecule has 0 aliphatic heterocycles. The second-order valence-electron chi connectivity index (χ2n) is 8.37. The van der Waals surface area contributed by atoms with Gasteiger partial charge in [-0.2, -0.15) is 0 Å². The summed E-state index contributed by atoms with van der Waals surface area (Å²) in [7, 11) is 0. The first-order valence-electron chi connectivity index (χ1n) is 11.1. The smallest absolute Gasteiger partial charge is 0.0188 e. The maximum absolute atomic E-state index is 3.78. The zero-order valence-electron chi connectivity index (χ0n) is 18.0. The molecule has 0 fully saturated rings. The van der Waals surface area contributed by atoms with Gasteiger partial charge in [-0.1, -0.05) is 113 Å². The van der Waals surface area contributed by atoms with E-state index in [1.807, 2.05) is 0 Å². The molecule has 0 unspecified atom stereocenters. The number of hydrogen-bond acceptors (Lipinski definition) is 0. The van der Waals surface area contributed by atoms with Gasteiger partial charge in [-0.05, 0) is 85.3 Å². The third kappa shape index (κ3) is 3.75. The summed E-state index contributed by atoms with van der Waals surface area (Å²) in [6.07, 6.45) is 0. The molecule has 1 heteroatoms. The molecule has 0 saturated heterocycles. The molecule has 6 aromatic rings. The Kier molecular flexibility index (Phi) is 5.05. The number of hydrogen-bond donors (Lipinski definition) is 0. The third-order valence-corrected chi connectivity index (χ3v) is 6.74. The van der Waals surface area contributed by atoms with Crippen LogP contribution in [-0.2, 0) is 0 Å². The Bertz CT molecular complexity index is 1600. The van der Waals surface area contributed by atoms with Crippen LogP contribution in [0.3, 0.4) is 0 Å². The van der Waals surface area contributed by atoms with Gasteiger partial charge in [-0.15, -0.1) is 0 Å². The maximum Gasteiger partial charge on any atom is 0.0188 e. The summed E-state index contributed by atoms with van der Waals surface area (Å²) < 4.78 is 1.09. The lowest BCUT2D eigenvalue weighted by atomic mass is 9.89. The lowest BCUT2D eigenvalue weighted by molar-refractivity contribution is 1.60. The van der Waals surface area contributed by atoms with E-state index in [0.717, 1.165) is 4.47 Å². The zero-order valence-corrected chi connectivity index (χ0v) is 19.6. The van der Waals surface area contributed by atoms with Crippen LogP contribution in [0.15, 0.2) is 132 Å². The van der Waals surface area contributed by atoms with E-state index in [4.69, 9.17) is 0 Å². The lowest BCUT2D eigenvalue weighted by Gasteiger charge is -2.16. The van der Waals surface area contributed by atoms with Crippen molar-refractivity contribution in [2.75, 3.05) is 0 Å². The molecule has 0 aliphatic rings. The van der Waals surface area contributed by atoms with Gasteiger partial charge in [0.2, 0.25) is 0 Å². The Hall–Kier alpha value is -3.68. The topological polar surface area (TPSA) is 0 Å². The average Bonchev–Trinajstić information content (AvgIpc) is 2.88. The fourth-order valence-electron chi connectivity index (χ4n) is 4.68. The minimum Gasteiger partial charge on any atom is -0.0622 e. The molecule has 0 saturated carbocycles. The third-order valence-electron chi connectivity index (χ3n) is 6.29. The second-order valence-corrected chi connectivity index (χ2v) is 9.28. The summed E-state index contributed by atoms with van der Waals surface area (Å²) in [6.45, 7) is 0. The van der Waals surface area contributed by atoms with Gasteiger partial charge in [0.15, 0.2) is 0 Å². The van der Waals surface area contributed by atoms with Crippen molar-refractivity contribution in [3.05, 3.63) is 132 Å². The largest absolute Gasteiger partial charge is 0.0622 e. The second kappa shape index (κ2) is 8.35. The molecule has 6 aromatic carbocycles. The van der Waals surface area contributed by atoms with Gasteiger partial charge < -0.3 is 0 Å². The fraction of sp³-hybridized carbons (Fsp3) is 0. The highest BCUT2D eigenvalue weighted by atomic mass is 79.9. The Balaban J connectivity index is 1.69. The molecule has 0 N–H and O–H groups in total. The minimum absolute atomic E-state index is 1.09. The molecule has 0 amide bonds. The molecule has 0 aromatic heterocycles. The van der Waals surface area contributed by atoms with Crippen LogP contribution in [0.4, 0.5) is 0 Å². The van der Waals surface area contributed by atoms with Gasteiger partial charge in [0, 0.05) is 4.47 Å². The van der Waals surface area contributed by atoms with Crippen LogP contribution < -0.4 is 0 Å². The van der Waals surface area contributed by atoms with E-state index in [1.165, 1.54) is 54.9 Å². The summed E-state index contributed by atoms with van der Waals surface area (Å²) >= 11 is 3.78. The van der Waals surface area contributed by atoms with Crippen molar-refractivity contribution in [3.63, 3.8) is 0 Å². The standard InChI is InChI=1S/C32H21Br/c33-28-20-30(24-12-5-2-6-13-24)31-19-27(26-16-15-22-9-7-8-14-25(22)17-26)18-29(32(31)21-28)23-10-3-1-4-11-23/h1-21H. The maximum atomic E-state index is 3.78. The molecule has 156 valence electrons. The van der Waals surface area contributed by atoms with Crippen LogP contribution >= 0.6 is 15.9 Å². The Morgan fingerprint density at radius 3 is 1.64 bits per heavy atom. The molecule has 0 atom stereocenters. The molecule has 0 nitrogen and oxygen atoms in total. The summed E-state index contributed by atoms with van der Waals surface area (Å²) in [5, 5.41) is 5.03. The van der Waals surface area contributed by atoms with Crippen molar-refractivity contribution in [2.45, 2.75) is 0 Å². The van der Waals surface area contributed by atoms with Crippen LogP contribution in [0.2, 0.25) is 0 Å². The first kappa shape index (κ1) is 20.0. The predicted molar refractivity (Wildman–Crippen MR) is 145 cm³/mol. The van der Waals surface area contributed by atoms with E-state index in [0.29, 0.717) is 0 Å². The monoisotopic (exact) mass is 484 g/mol. The Morgan fingerprint density at radius 2 is 0.939 bits per heavy atom. The SMILES string of the molecule is Brc1cc(-c2ccccc2)c2cc(-c3ccc4ccccc4c3)cc(-c3ccccc3)c2c1.